The number of amides is 1. The van der Waals surface area contributed by atoms with Crippen molar-refractivity contribution in [3.05, 3.63) is 35.9 Å². The van der Waals surface area contributed by atoms with Crippen molar-refractivity contribution in [1.29, 1.82) is 0 Å². The first-order valence-electron chi connectivity index (χ1n) is 10.9. The Morgan fingerprint density at radius 3 is 2.64 bits per heavy atom. The minimum absolute atomic E-state index is 0.0280. The molecule has 6 nitrogen and oxygen atoms in total. The van der Waals surface area contributed by atoms with Crippen molar-refractivity contribution in [2.75, 3.05) is 26.2 Å². The molecule has 3 saturated heterocycles. The molecule has 1 aromatic carbocycles. The van der Waals surface area contributed by atoms with Crippen molar-refractivity contribution < 1.29 is 4.79 Å². The van der Waals surface area contributed by atoms with E-state index in [4.69, 9.17) is 0 Å². The van der Waals surface area contributed by atoms with E-state index in [1.807, 2.05) is 6.07 Å². The van der Waals surface area contributed by atoms with Crippen LogP contribution < -0.4 is 21.5 Å². The molecule has 28 heavy (non-hydrogen) atoms. The Morgan fingerprint density at radius 1 is 1.18 bits per heavy atom. The molecule has 154 valence electrons. The first-order valence-corrected chi connectivity index (χ1v) is 10.9. The second kappa shape index (κ2) is 8.49. The molecular formula is C22H35N5O. The largest absolute Gasteiger partial charge is 0.337 e. The third kappa shape index (κ3) is 4.25. The summed E-state index contributed by atoms with van der Waals surface area (Å²) in [5, 5.41) is 7.01. The molecule has 3 atom stereocenters. The molecule has 0 bridgehead atoms. The Balaban J connectivity index is 1.36. The summed E-state index contributed by atoms with van der Waals surface area (Å²) in [6, 6.07) is 11.3. The van der Waals surface area contributed by atoms with E-state index < -0.39 is 0 Å². The maximum Gasteiger partial charge on any atom is 0.240 e. The van der Waals surface area contributed by atoms with Crippen molar-refractivity contribution in [2.45, 2.75) is 63.7 Å². The number of nitrogens with zero attached hydrogens (tertiary/aromatic N) is 1. The Kier molecular flexibility index (Phi) is 6.01. The second-order valence-corrected chi connectivity index (χ2v) is 9.16. The molecule has 4 rings (SSSR count). The Labute approximate surface area is 168 Å². The van der Waals surface area contributed by atoms with E-state index in [1.54, 1.807) is 0 Å². The lowest BCUT2D eigenvalue weighted by molar-refractivity contribution is -0.135. The summed E-state index contributed by atoms with van der Waals surface area (Å²) in [6.07, 6.45) is 4.34. The van der Waals surface area contributed by atoms with Gasteiger partial charge in [-0.05, 0) is 63.6 Å². The number of nitrogens with one attached hydrogen (secondary N) is 4. The highest BCUT2D eigenvalue weighted by molar-refractivity contribution is 5.82. The molecule has 0 radical (unpaired) electrons. The Morgan fingerprint density at radius 2 is 1.93 bits per heavy atom. The molecule has 0 saturated carbocycles. The maximum absolute atomic E-state index is 13.4. The molecule has 6 heteroatoms. The molecule has 3 heterocycles. The first-order chi connectivity index (χ1) is 13.6. The van der Waals surface area contributed by atoms with E-state index >= 15 is 0 Å². The van der Waals surface area contributed by atoms with E-state index in [2.05, 4.69) is 64.5 Å². The number of hydrogen-bond donors (Lipinski definition) is 4. The SMILES string of the molecule is CC(C)N(CC1CC(c2ccccc2)NN1)C(=O)C1CC2(CCNCC2)CN1. The van der Waals surface area contributed by atoms with Gasteiger partial charge in [0.15, 0.2) is 0 Å². The zero-order valence-corrected chi connectivity index (χ0v) is 17.2. The van der Waals surface area contributed by atoms with Gasteiger partial charge in [0, 0.05) is 31.2 Å². The summed E-state index contributed by atoms with van der Waals surface area (Å²) in [5.41, 5.74) is 8.45. The minimum Gasteiger partial charge on any atom is -0.337 e. The third-order valence-electron chi connectivity index (χ3n) is 6.83. The predicted molar refractivity (Wildman–Crippen MR) is 112 cm³/mol. The fraction of sp³-hybridized carbons (Fsp3) is 0.682. The van der Waals surface area contributed by atoms with Crippen molar-refractivity contribution in [3.63, 3.8) is 0 Å². The fourth-order valence-corrected chi connectivity index (χ4v) is 5.07. The number of hydrogen-bond acceptors (Lipinski definition) is 5. The molecular weight excluding hydrogens is 350 g/mol. The lowest BCUT2D eigenvalue weighted by atomic mass is 9.77. The smallest absolute Gasteiger partial charge is 0.240 e. The van der Waals surface area contributed by atoms with Crippen molar-refractivity contribution >= 4 is 5.91 Å². The van der Waals surface area contributed by atoms with E-state index in [9.17, 15) is 4.79 Å². The zero-order chi connectivity index (χ0) is 19.6. The van der Waals surface area contributed by atoms with Gasteiger partial charge in [-0.2, -0.15) is 0 Å². The molecule has 0 aliphatic carbocycles. The number of benzene rings is 1. The highest BCUT2D eigenvalue weighted by Crippen LogP contribution is 2.38. The predicted octanol–water partition coefficient (Wildman–Crippen LogP) is 1.56. The summed E-state index contributed by atoms with van der Waals surface area (Å²) >= 11 is 0. The van der Waals surface area contributed by atoms with Gasteiger partial charge < -0.3 is 15.5 Å². The van der Waals surface area contributed by atoms with Crippen LogP contribution in [-0.4, -0.2) is 55.1 Å². The van der Waals surface area contributed by atoms with Crippen LogP contribution in [0.1, 0.15) is 51.1 Å². The lowest BCUT2D eigenvalue weighted by Gasteiger charge is -2.34. The Bertz CT molecular complexity index is 658. The summed E-state index contributed by atoms with van der Waals surface area (Å²) in [4.78, 5) is 15.4. The number of piperidine rings is 1. The van der Waals surface area contributed by atoms with Gasteiger partial charge >= 0.3 is 0 Å². The monoisotopic (exact) mass is 385 g/mol. The standard InChI is InChI=1S/C22H35N5O/c1-16(2)27(14-18-12-19(26-25-18)17-6-4-3-5-7-17)21(28)20-13-22(15-24-20)8-10-23-11-9-22/h3-7,16,18-20,23-26H,8-15H2,1-2H3. The van der Waals surface area contributed by atoms with Gasteiger partial charge in [0.2, 0.25) is 5.91 Å². The van der Waals surface area contributed by atoms with Crippen LogP contribution in [0.3, 0.4) is 0 Å². The van der Waals surface area contributed by atoms with Gasteiger partial charge in [-0.15, -0.1) is 0 Å². The van der Waals surface area contributed by atoms with Crippen LogP contribution in [-0.2, 0) is 4.79 Å². The Hall–Kier alpha value is -1.47. The summed E-state index contributed by atoms with van der Waals surface area (Å²) < 4.78 is 0. The first kappa shape index (κ1) is 19.8. The molecule has 3 aliphatic rings. The average molecular weight is 386 g/mol. The second-order valence-electron chi connectivity index (χ2n) is 9.16. The van der Waals surface area contributed by atoms with Gasteiger partial charge in [-0.25, -0.2) is 5.43 Å². The van der Waals surface area contributed by atoms with E-state index in [-0.39, 0.29) is 24.0 Å². The number of carbonyl (C=O) groups excluding carboxylic acids is 1. The number of hydrazine groups is 1. The fourth-order valence-electron chi connectivity index (χ4n) is 5.07. The molecule has 1 amide bonds. The lowest BCUT2D eigenvalue weighted by Crippen LogP contribution is -2.51. The maximum atomic E-state index is 13.4. The van der Waals surface area contributed by atoms with Gasteiger partial charge in [0.25, 0.3) is 0 Å². The van der Waals surface area contributed by atoms with Crippen LogP contribution in [0.5, 0.6) is 0 Å². The van der Waals surface area contributed by atoms with Crippen molar-refractivity contribution in [3.8, 4) is 0 Å². The highest BCUT2D eigenvalue weighted by Gasteiger charge is 2.44. The van der Waals surface area contributed by atoms with Gasteiger partial charge in [-0.3, -0.25) is 10.2 Å². The highest BCUT2D eigenvalue weighted by atomic mass is 16.2. The molecule has 3 unspecified atom stereocenters. The van der Waals surface area contributed by atoms with Crippen molar-refractivity contribution in [1.82, 2.24) is 26.4 Å². The van der Waals surface area contributed by atoms with Gasteiger partial charge in [-0.1, -0.05) is 30.3 Å². The van der Waals surface area contributed by atoms with Gasteiger partial charge in [0.05, 0.1) is 6.04 Å². The number of rotatable bonds is 5. The molecule has 1 aromatic rings. The quantitative estimate of drug-likeness (QED) is 0.619. The summed E-state index contributed by atoms with van der Waals surface area (Å²) in [5.74, 6) is 0.273. The topological polar surface area (TPSA) is 68.4 Å². The van der Waals surface area contributed by atoms with Crippen LogP contribution in [0.4, 0.5) is 0 Å². The van der Waals surface area contributed by atoms with Crippen LogP contribution in [0.15, 0.2) is 30.3 Å². The number of carbonyl (C=O) groups is 1. The molecule has 1 spiro atoms. The summed E-state index contributed by atoms with van der Waals surface area (Å²) in [6.45, 7) is 8.15. The zero-order valence-electron chi connectivity index (χ0n) is 17.2. The van der Waals surface area contributed by atoms with Crippen LogP contribution >= 0.6 is 0 Å². The molecule has 3 aliphatic heterocycles. The van der Waals surface area contributed by atoms with Gasteiger partial charge in [0.1, 0.15) is 0 Å². The average Bonchev–Trinajstić information content (AvgIpc) is 3.34. The van der Waals surface area contributed by atoms with Crippen molar-refractivity contribution in [2.24, 2.45) is 5.41 Å². The van der Waals surface area contributed by atoms with E-state index in [0.29, 0.717) is 11.5 Å². The minimum atomic E-state index is -0.0280. The normalized spacial score (nSPS) is 29.5. The molecule has 0 aromatic heterocycles. The van der Waals surface area contributed by atoms with Crippen LogP contribution in [0, 0.1) is 5.41 Å². The van der Waals surface area contributed by atoms with E-state index in [1.165, 1.54) is 18.4 Å². The summed E-state index contributed by atoms with van der Waals surface area (Å²) in [7, 11) is 0. The van der Waals surface area contributed by atoms with E-state index in [0.717, 1.165) is 39.0 Å². The molecule has 3 fully saturated rings. The van der Waals surface area contributed by atoms with Crippen LogP contribution in [0.2, 0.25) is 0 Å². The van der Waals surface area contributed by atoms with Crippen LogP contribution in [0.25, 0.3) is 0 Å². The molecule has 4 N–H and O–H groups in total. The third-order valence-corrected chi connectivity index (χ3v) is 6.83.